The highest BCUT2D eigenvalue weighted by atomic mass is 19.4. The van der Waals surface area contributed by atoms with Gasteiger partial charge in [-0.1, -0.05) is 110 Å². The number of carbonyl (C=O) groups excluding carboxylic acids is 3. The number of unbranched alkanes of at least 4 members (excludes halogenated alkanes) is 2. The molecule has 0 fully saturated rings. The van der Waals surface area contributed by atoms with Gasteiger partial charge in [0.05, 0.1) is 42.0 Å². The van der Waals surface area contributed by atoms with Crippen LogP contribution in [0.4, 0.5) is 45.2 Å². The fourth-order valence-electron chi connectivity index (χ4n) is 8.86. The van der Waals surface area contributed by atoms with Crippen LogP contribution in [0.1, 0.15) is 140 Å². The molecule has 74 heavy (non-hydrogen) atoms. The van der Waals surface area contributed by atoms with E-state index in [0.717, 1.165) is 81.7 Å². The van der Waals surface area contributed by atoms with Gasteiger partial charge < -0.3 is 18.9 Å². The van der Waals surface area contributed by atoms with Gasteiger partial charge in [0.2, 0.25) is 0 Å². The number of esters is 1. The molecule has 0 bridgehead atoms. The number of fused-ring (bicyclic) bond motifs is 2. The molecule has 1 aliphatic heterocycles. The third-order valence-electron chi connectivity index (χ3n) is 13.1. The first-order valence-electron chi connectivity index (χ1n) is 24.6. The highest BCUT2D eigenvalue weighted by Crippen LogP contribution is 2.52. The summed E-state index contributed by atoms with van der Waals surface area (Å²) in [4.78, 5) is 40.1. The van der Waals surface area contributed by atoms with Crippen LogP contribution in [-0.4, -0.2) is 37.7 Å². The van der Waals surface area contributed by atoms with E-state index in [1.807, 2.05) is 13.8 Å². The summed E-state index contributed by atoms with van der Waals surface area (Å²) in [6.07, 6.45) is -8.64. The number of hydrogen-bond donors (Lipinski definition) is 0. The summed E-state index contributed by atoms with van der Waals surface area (Å²) >= 11 is 0. The minimum absolute atomic E-state index is 0.00763. The summed E-state index contributed by atoms with van der Waals surface area (Å²) in [5, 5.41) is 0. The largest absolute Gasteiger partial charge is 0.492 e. The van der Waals surface area contributed by atoms with Gasteiger partial charge in [-0.2, -0.15) is 26.3 Å². The predicted octanol–water partition coefficient (Wildman–Crippen LogP) is 16.4. The second-order valence-electron chi connectivity index (χ2n) is 18.2. The Kier molecular flexibility index (Phi) is 18.4. The van der Waals surface area contributed by atoms with E-state index in [9.17, 15) is 40.7 Å². The van der Waals surface area contributed by atoms with Gasteiger partial charge in [-0.25, -0.2) is 4.90 Å². The van der Waals surface area contributed by atoms with Crippen molar-refractivity contribution >= 4 is 29.4 Å². The maximum atomic E-state index is 15.3. The molecule has 2 atom stereocenters. The molecule has 1 amide bonds. The lowest BCUT2D eigenvalue weighted by atomic mass is 9.83. The lowest BCUT2D eigenvalue weighted by molar-refractivity contribution is -0.143. The molecule has 0 spiro atoms. The first kappa shape index (κ1) is 56.5. The summed E-state index contributed by atoms with van der Waals surface area (Å²) in [7, 11) is 0. The number of alkyl halides is 9. The van der Waals surface area contributed by atoms with Crippen molar-refractivity contribution in [2.75, 3.05) is 18.1 Å². The number of carbonyl (C=O) groups is 3. The number of anilines is 1. The van der Waals surface area contributed by atoms with Crippen LogP contribution in [-0.2, 0) is 30.0 Å². The fraction of sp³-hybridized carbons (Fsp3) is 0.386. The highest BCUT2D eigenvalue weighted by Gasteiger charge is 2.45. The number of aldehydes is 1. The zero-order chi connectivity index (χ0) is 54.1. The monoisotopic (exact) mass is 1040 g/mol. The van der Waals surface area contributed by atoms with Gasteiger partial charge in [-0.05, 0) is 95.8 Å². The summed E-state index contributed by atoms with van der Waals surface area (Å²) in [5.41, 5.74) is -5.55. The standard InChI is InChI=1S/C57H58F9NO7/c1-7-12-16-35(9-3)32-71-49-28-42(29-50(47(49)31-68)72-33-36(10-4)17-13-8-2)73-51(69)24-37-20-22-41(23-21-37)67(57(64,65)66)54(70)46-30-45(38-25-39(55(58,59)60)27-40(26-38)56(61,62)63)53-52(43(46)11-5)34(6)44-18-14-15-19-48(44)74-53/h14-15,18-23,25-31,35-36H,6-13,16-17,24,32-33H2,1-5H3. The van der Waals surface area contributed by atoms with Gasteiger partial charge in [0, 0.05) is 34.4 Å². The Morgan fingerprint density at radius 1 is 0.716 bits per heavy atom. The van der Waals surface area contributed by atoms with Crippen molar-refractivity contribution in [3.63, 3.8) is 0 Å². The third-order valence-corrected chi connectivity index (χ3v) is 13.1. The van der Waals surface area contributed by atoms with E-state index in [4.69, 9.17) is 18.9 Å². The molecular formula is C57H58F9NO7. The van der Waals surface area contributed by atoms with Crippen LogP contribution in [0.5, 0.6) is 28.7 Å². The second-order valence-corrected chi connectivity index (χ2v) is 18.2. The Hall–Kier alpha value is -6.78. The molecule has 6 rings (SSSR count). The van der Waals surface area contributed by atoms with Crippen molar-refractivity contribution in [1.29, 1.82) is 0 Å². The normalized spacial score (nSPS) is 13.3. The number of halogens is 9. The van der Waals surface area contributed by atoms with Crippen LogP contribution in [0.3, 0.4) is 0 Å². The summed E-state index contributed by atoms with van der Waals surface area (Å²) in [6.45, 7) is 14.4. The number of ether oxygens (including phenoxy) is 4. The van der Waals surface area contributed by atoms with Crippen molar-refractivity contribution in [1.82, 2.24) is 0 Å². The van der Waals surface area contributed by atoms with E-state index >= 15 is 13.2 Å². The summed E-state index contributed by atoms with van der Waals surface area (Å²) < 4.78 is 155. The van der Waals surface area contributed by atoms with Gasteiger partial charge in [0.15, 0.2) is 6.29 Å². The van der Waals surface area contributed by atoms with Gasteiger partial charge in [-0.3, -0.25) is 14.4 Å². The van der Waals surface area contributed by atoms with Crippen molar-refractivity contribution in [2.45, 2.75) is 117 Å². The molecule has 0 N–H and O–H groups in total. The second kappa shape index (κ2) is 24.1. The average molecular weight is 1040 g/mol. The number of para-hydroxylation sites is 1. The number of hydrogen-bond acceptors (Lipinski definition) is 7. The minimum Gasteiger partial charge on any atom is -0.492 e. The smallest absolute Gasteiger partial charge is 0.491 e. The van der Waals surface area contributed by atoms with Crippen LogP contribution in [0.25, 0.3) is 16.7 Å². The lowest BCUT2D eigenvalue weighted by Gasteiger charge is -2.31. The summed E-state index contributed by atoms with van der Waals surface area (Å²) in [6, 6.07) is 14.7. The molecule has 5 aromatic carbocycles. The average Bonchev–Trinajstić information content (AvgIpc) is 3.35. The van der Waals surface area contributed by atoms with Gasteiger partial charge in [-0.15, -0.1) is 13.2 Å². The zero-order valence-corrected chi connectivity index (χ0v) is 41.7. The molecule has 2 unspecified atom stereocenters. The van der Waals surface area contributed by atoms with Crippen molar-refractivity contribution in [3.8, 4) is 39.9 Å². The predicted molar refractivity (Wildman–Crippen MR) is 264 cm³/mol. The number of nitrogens with zero attached hydrogens (tertiary/aromatic N) is 1. The quantitative estimate of drug-likeness (QED) is 0.0220. The van der Waals surface area contributed by atoms with E-state index in [1.165, 1.54) is 25.1 Å². The topological polar surface area (TPSA) is 91.4 Å². The Labute approximate surface area is 424 Å². The number of benzene rings is 5. The molecule has 1 heterocycles. The molecule has 5 aromatic rings. The van der Waals surface area contributed by atoms with E-state index in [1.54, 1.807) is 18.2 Å². The number of amides is 1. The third kappa shape index (κ3) is 13.3. The van der Waals surface area contributed by atoms with E-state index < -0.39 is 75.4 Å². The SMILES string of the molecule is C=C1c2ccccc2Oc2c(-c3cc(C(F)(F)F)cc(C(F)(F)F)c3)cc(C(=O)N(c3ccc(CC(=O)Oc4cc(OCC(CC)CCCC)c(C=O)c(OCC(CC)CCCC)c4)cc3)C(F)(F)F)c(CC)c21. The van der Waals surface area contributed by atoms with Crippen molar-refractivity contribution < 1.29 is 72.8 Å². The Bertz CT molecular complexity index is 2740. The van der Waals surface area contributed by atoms with Crippen LogP contribution < -0.4 is 23.8 Å². The Morgan fingerprint density at radius 2 is 1.27 bits per heavy atom. The van der Waals surface area contributed by atoms with Crippen LogP contribution >= 0.6 is 0 Å². The first-order chi connectivity index (χ1) is 35.1. The van der Waals surface area contributed by atoms with Gasteiger partial charge in [0.25, 0.3) is 5.91 Å². The molecule has 0 radical (unpaired) electrons. The van der Waals surface area contributed by atoms with Gasteiger partial charge in [0.1, 0.15) is 28.7 Å². The molecule has 396 valence electrons. The highest BCUT2D eigenvalue weighted by molar-refractivity contribution is 6.10. The molecule has 8 nitrogen and oxygen atoms in total. The number of rotatable bonds is 22. The van der Waals surface area contributed by atoms with Crippen molar-refractivity contribution in [3.05, 3.63) is 136 Å². The van der Waals surface area contributed by atoms with Crippen LogP contribution in [0, 0.1) is 11.8 Å². The minimum atomic E-state index is -5.45. The van der Waals surface area contributed by atoms with Crippen LogP contribution in [0.15, 0.2) is 91.5 Å². The van der Waals surface area contributed by atoms with E-state index in [-0.39, 0.29) is 94.1 Å². The maximum Gasteiger partial charge on any atom is 0.491 e. The lowest BCUT2D eigenvalue weighted by Crippen LogP contribution is -2.43. The zero-order valence-electron chi connectivity index (χ0n) is 41.7. The van der Waals surface area contributed by atoms with E-state index in [0.29, 0.717) is 24.0 Å². The Morgan fingerprint density at radius 3 is 1.76 bits per heavy atom. The molecule has 1 aliphatic rings. The summed E-state index contributed by atoms with van der Waals surface area (Å²) in [5.74, 6) is -2.09. The molecule has 0 saturated heterocycles. The maximum absolute atomic E-state index is 15.3. The van der Waals surface area contributed by atoms with Crippen LogP contribution in [0.2, 0.25) is 0 Å². The molecule has 0 aliphatic carbocycles. The molecule has 0 aromatic heterocycles. The fourth-order valence-corrected chi connectivity index (χ4v) is 8.86. The molecule has 0 saturated carbocycles. The van der Waals surface area contributed by atoms with Crippen molar-refractivity contribution in [2.24, 2.45) is 11.8 Å². The first-order valence-corrected chi connectivity index (χ1v) is 24.6. The van der Waals surface area contributed by atoms with E-state index in [2.05, 4.69) is 20.4 Å². The van der Waals surface area contributed by atoms with Gasteiger partial charge >= 0.3 is 24.6 Å². The Balaban J connectivity index is 1.35. The molecule has 17 heteroatoms. The molecular weight excluding hydrogens is 982 g/mol.